The summed E-state index contributed by atoms with van der Waals surface area (Å²) in [4.78, 5) is 51.3. The van der Waals surface area contributed by atoms with Gasteiger partial charge in [-0.3, -0.25) is 18.8 Å². The molecule has 9 nitrogen and oxygen atoms in total. The van der Waals surface area contributed by atoms with Crippen LogP contribution in [-0.4, -0.2) is 42.6 Å². The Morgan fingerprint density at radius 2 is 2.00 bits per heavy atom. The van der Waals surface area contributed by atoms with Crippen molar-refractivity contribution in [2.45, 2.75) is 25.8 Å². The molecule has 1 aliphatic heterocycles. The molecule has 2 N–H and O–H groups in total. The van der Waals surface area contributed by atoms with Crippen molar-refractivity contribution in [3.05, 3.63) is 82.8 Å². The molecule has 0 spiro atoms. The van der Waals surface area contributed by atoms with Crippen molar-refractivity contribution in [2.24, 2.45) is 0 Å². The minimum absolute atomic E-state index is 0.249. The molecule has 2 amide bonds. The maximum absolute atomic E-state index is 12.8. The SMILES string of the molecule is CC#CC(=O)N1CCC[C@H]1c1nc(-c2ccc(C(=O)Nc3ccccn3)cc2)c2c(=O)[nH]ccn12. The van der Waals surface area contributed by atoms with Gasteiger partial charge in [0.25, 0.3) is 17.4 Å². The van der Waals surface area contributed by atoms with E-state index in [0.717, 1.165) is 12.8 Å². The minimum atomic E-state index is -0.291. The van der Waals surface area contributed by atoms with Crippen LogP contribution in [0.1, 0.15) is 42.0 Å². The number of amides is 2. The molecule has 1 saturated heterocycles. The highest BCUT2D eigenvalue weighted by Crippen LogP contribution is 2.34. The van der Waals surface area contributed by atoms with Gasteiger partial charge in [0.1, 0.15) is 22.9 Å². The van der Waals surface area contributed by atoms with Crippen LogP contribution in [0.3, 0.4) is 0 Å². The van der Waals surface area contributed by atoms with Crippen LogP contribution in [0.25, 0.3) is 16.8 Å². The van der Waals surface area contributed by atoms with E-state index in [0.29, 0.717) is 40.5 Å². The predicted octanol–water partition coefficient (Wildman–Crippen LogP) is 3.02. The number of nitrogens with zero attached hydrogens (tertiary/aromatic N) is 4. The Labute approximate surface area is 200 Å². The number of hydrogen-bond donors (Lipinski definition) is 2. The van der Waals surface area contributed by atoms with Crippen molar-refractivity contribution in [2.75, 3.05) is 11.9 Å². The standard InChI is InChI=1S/C26H22N6O3/c1-2-6-21(33)31-15-5-7-19(31)24-30-22(23-26(35)28-14-16-32(23)24)17-9-11-18(12-10-17)25(34)29-20-8-3-4-13-27-20/h3-4,8-14,16,19H,5,7,15H2,1H3,(H,28,35)(H,27,29,34)/t19-/m0/s1. The number of anilines is 1. The summed E-state index contributed by atoms with van der Waals surface area (Å²) in [5, 5.41) is 2.75. The van der Waals surface area contributed by atoms with Gasteiger partial charge in [0.15, 0.2) is 0 Å². The second-order valence-corrected chi connectivity index (χ2v) is 8.10. The third kappa shape index (κ3) is 4.17. The van der Waals surface area contributed by atoms with Crippen LogP contribution < -0.4 is 10.9 Å². The Morgan fingerprint density at radius 3 is 2.74 bits per heavy atom. The number of imidazole rings is 1. The number of aromatic amines is 1. The maximum Gasteiger partial charge on any atom is 0.299 e. The first-order valence-corrected chi connectivity index (χ1v) is 11.2. The van der Waals surface area contributed by atoms with Gasteiger partial charge in [-0.05, 0) is 50.0 Å². The second kappa shape index (κ2) is 9.27. The van der Waals surface area contributed by atoms with E-state index in [1.165, 1.54) is 0 Å². The van der Waals surface area contributed by atoms with Gasteiger partial charge in [0.05, 0.1) is 6.04 Å². The number of hydrogen-bond acceptors (Lipinski definition) is 5. The van der Waals surface area contributed by atoms with E-state index in [1.807, 2.05) is 0 Å². The van der Waals surface area contributed by atoms with Gasteiger partial charge in [-0.25, -0.2) is 9.97 Å². The Morgan fingerprint density at radius 1 is 1.17 bits per heavy atom. The lowest BCUT2D eigenvalue weighted by molar-refractivity contribution is -0.126. The molecule has 1 atom stereocenters. The molecule has 1 aliphatic rings. The highest BCUT2D eigenvalue weighted by atomic mass is 16.2. The van der Waals surface area contributed by atoms with E-state index in [2.05, 4.69) is 27.1 Å². The van der Waals surface area contributed by atoms with Crippen LogP contribution >= 0.6 is 0 Å². The monoisotopic (exact) mass is 466 g/mol. The smallest absolute Gasteiger partial charge is 0.299 e. The average molecular weight is 467 g/mol. The second-order valence-electron chi connectivity index (χ2n) is 8.10. The molecule has 1 fully saturated rings. The summed E-state index contributed by atoms with van der Waals surface area (Å²) in [6.07, 6.45) is 6.46. The third-order valence-electron chi connectivity index (χ3n) is 5.96. The van der Waals surface area contributed by atoms with Gasteiger partial charge in [-0.2, -0.15) is 0 Å². The molecule has 0 saturated carbocycles. The summed E-state index contributed by atoms with van der Waals surface area (Å²) in [6, 6.07) is 11.9. The van der Waals surface area contributed by atoms with Gasteiger partial charge in [-0.1, -0.05) is 24.1 Å². The molecule has 174 valence electrons. The van der Waals surface area contributed by atoms with Crippen LogP contribution in [0.4, 0.5) is 5.82 Å². The van der Waals surface area contributed by atoms with Gasteiger partial charge in [0.2, 0.25) is 0 Å². The molecular weight excluding hydrogens is 444 g/mol. The number of carbonyl (C=O) groups is 2. The summed E-state index contributed by atoms with van der Waals surface area (Å²) in [5.74, 6) is 5.80. The lowest BCUT2D eigenvalue weighted by Gasteiger charge is -2.21. The fourth-order valence-corrected chi connectivity index (χ4v) is 4.37. The van der Waals surface area contributed by atoms with Crippen molar-refractivity contribution < 1.29 is 9.59 Å². The molecule has 4 aromatic rings. The fourth-order valence-electron chi connectivity index (χ4n) is 4.37. The molecule has 35 heavy (non-hydrogen) atoms. The number of rotatable bonds is 4. The number of likely N-dealkylation sites (tertiary alicyclic amines) is 1. The number of H-pyrrole nitrogens is 1. The summed E-state index contributed by atoms with van der Waals surface area (Å²) in [6.45, 7) is 2.22. The summed E-state index contributed by atoms with van der Waals surface area (Å²) in [5.41, 5.74) is 1.71. The number of aromatic nitrogens is 4. The van der Waals surface area contributed by atoms with Crippen molar-refractivity contribution in [1.29, 1.82) is 0 Å². The molecule has 1 aromatic carbocycles. The summed E-state index contributed by atoms with van der Waals surface area (Å²) < 4.78 is 1.74. The van der Waals surface area contributed by atoms with Crippen LogP contribution in [0.15, 0.2) is 65.8 Å². The van der Waals surface area contributed by atoms with Crippen LogP contribution in [-0.2, 0) is 4.79 Å². The molecule has 4 heterocycles. The van der Waals surface area contributed by atoms with Crippen molar-refractivity contribution in [1.82, 2.24) is 24.3 Å². The molecule has 0 radical (unpaired) electrons. The van der Waals surface area contributed by atoms with Gasteiger partial charge in [-0.15, -0.1) is 0 Å². The predicted molar refractivity (Wildman–Crippen MR) is 131 cm³/mol. The Bertz CT molecular complexity index is 1530. The highest BCUT2D eigenvalue weighted by molar-refractivity contribution is 6.04. The minimum Gasteiger partial charge on any atom is -0.326 e. The van der Waals surface area contributed by atoms with Crippen molar-refractivity contribution in [3.8, 4) is 23.1 Å². The van der Waals surface area contributed by atoms with Gasteiger partial charge < -0.3 is 15.2 Å². The zero-order valence-electron chi connectivity index (χ0n) is 19.0. The molecule has 0 aliphatic carbocycles. The van der Waals surface area contributed by atoms with Crippen LogP contribution in [0.2, 0.25) is 0 Å². The summed E-state index contributed by atoms with van der Waals surface area (Å²) in [7, 11) is 0. The van der Waals surface area contributed by atoms with Crippen LogP contribution in [0, 0.1) is 11.8 Å². The van der Waals surface area contributed by atoms with E-state index in [9.17, 15) is 14.4 Å². The lowest BCUT2D eigenvalue weighted by Crippen LogP contribution is -2.30. The number of nitrogens with one attached hydrogen (secondary N) is 2. The largest absolute Gasteiger partial charge is 0.326 e. The molecule has 0 bridgehead atoms. The van der Waals surface area contributed by atoms with E-state index in [-0.39, 0.29) is 23.4 Å². The quantitative estimate of drug-likeness (QED) is 0.449. The average Bonchev–Trinajstić information content (AvgIpc) is 3.51. The number of benzene rings is 1. The van der Waals surface area contributed by atoms with E-state index in [1.54, 1.807) is 77.3 Å². The molecule has 9 heteroatoms. The third-order valence-corrected chi connectivity index (χ3v) is 5.96. The highest BCUT2D eigenvalue weighted by Gasteiger charge is 2.33. The first kappa shape index (κ1) is 22.1. The first-order valence-electron chi connectivity index (χ1n) is 11.2. The van der Waals surface area contributed by atoms with E-state index < -0.39 is 0 Å². The van der Waals surface area contributed by atoms with Crippen LogP contribution in [0.5, 0.6) is 0 Å². The number of pyridine rings is 1. The molecule has 0 unspecified atom stereocenters. The van der Waals surface area contributed by atoms with E-state index in [4.69, 9.17) is 4.98 Å². The normalized spacial score (nSPS) is 15.0. The molecular formula is C26H22N6O3. The van der Waals surface area contributed by atoms with Crippen molar-refractivity contribution >= 4 is 23.1 Å². The number of fused-ring (bicyclic) bond motifs is 1. The maximum atomic E-state index is 12.8. The van der Waals surface area contributed by atoms with Gasteiger partial charge >= 0.3 is 0 Å². The molecule has 5 rings (SSSR count). The van der Waals surface area contributed by atoms with E-state index >= 15 is 0 Å². The zero-order valence-corrected chi connectivity index (χ0v) is 19.0. The lowest BCUT2D eigenvalue weighted by atomic mass is 10.1. The number of carbonyl (C=O) groups excluding carboxylic acids is 2. The molecule has 3 aromatic heterocycles. The Hall–Kier alpha value is -4.71. The van der Waals surface area contributed by atoms with Crippen molar-refractivity contribution in [3.63, 3.8) is 0 Å². The fraction of sp³-hybridized carbons (Fsp3) is 0.192. The first-order chi connectivity index (χ1) is 17.1. The topological polar surface area (TPSA) is 112 Å². The Balaban J connectivity index is 1.51. The Kier molecular flexibility index (Phi) is 5.85. The summed E-state index contributed by atoms with van der Waals surface area (Å²) >= 11 is 0. The zero-order chi connectivity index (χ0) is 24.4. The van der Waals surface area contributed by atoms with Gasteiger partial charge in [0, 0.05) is 36.3 Å².